The zero-order valence-corrected chi connectivity index (χ0v) is 17.5. The minimum atomic E-state index is -3.44. The molecule has 1 aromatic carbocycles. The van der Waals surface area contributed by atoms with Gasteiger partial charge in [-0.05, 0) is 49.9 Å². The van der Waals surface area contributed by atoms with Crippen LogP contribution in [0.3, 0.4) is 0 Å². The van der Waals surface area contributed by atoms with Gasteiger partial charge in [-0.25, -0.2) is 8.42 Å². The van der Waals surface area contributed by atoms with Crippen molar-refractivity contribution in [1.82, 2.24) is 9.21 Å². The van der Waals surface area contributed by atoms with Crippen LogP contribution in [0.5, 0.6) is 0 Å². The third-order valence-corrected chi connectivity index (χ3v) is 7.10. The number of hydrogen-bond acceptors (Lipinski definition) is 5. The van der Waals surface area contributed by atoms with E-state index in [1.54, 1.807) is 23.4 Å². The molecule has 0 saturated carbocycles. The molecule has 0 spiro atoms. The zero-order chi connectivity index (χ0) is 19.9. The maximum Gasteiger partial charge on any atom is 0.305 e. The molecule has 1 aliphatic rings. The fourth-order valence-electron chi connectivity index (χ4n) is 3.23. The fourth-order valence-corrected chi connectivity index (χ4v) is 4.65. The van der Waals surface area contributed by atoms with Gasteiger partial charge in [0.2, 0.25) is 10.0 Å². The molecule has 0 bridgehead atoms. The Bertz CT molecular complexity index is 695. The quantitative estimate of drug-likeness (QED) is 0.601. The van der Waals surface area contributed by atoms with Crippen molar-refractivity contribution >= 4 is 16.0 Å². The van der Waals surface area contributed by atoms with Gasteiger partial charge in [0.25, 0.3) is 0 Å². The number of piperazine rings is 1. The number of nitrogens with zero attached hydrogens (tertiary/aromatic N) is 2. The third-order valence-electron chi connectivity index (χ3n) is 5.19. The van der Waals surface area contributed by atoms with Crippen LogP contribution in [0.2, 0.25) is 0 Å². The molecule has 0 radical (unpaired) electrons. The first-order valence-electron chi connectivity index (χ1n) is 9.86. The Hall–Kier alpha value is -1.44. The number of carbonyl (C=O) groups excluding carboxylic acids is 1. The molecule has 0 N–H and O–H groups in total. The summed E-state index contributed by atoms with van der Waals surface area (Å²) < 4.78 is 32.2. The van der Waals surface area contributed by atoms with Crippen molar-refractivity contribution in [3.63, 3.8) is 0 Å². The van der Waals surface area contributed by atoms with Gasteiger partial charge in [0.1, 0.15) is 0 Å². The van der Waals surface area contributed by atoms with Gasteiger partial charge >= 0.3 is 5.97 Å². The van der Waals surface area contributed by atoms with Crippen molar-refractivity contribution in [2.24, 2.45) is 0 Å². The van der Waals surface area contributed by atoms with Crippen LogP contribution in [0.4, 0.5) is 0 Å². The number of ether oxygens (including phenoxy) is 1. The summed E-state index contributed by atoms with van der Waals surface area (Å²) in [6.45, 7) is 9.61. The molecule has 1 heterocycles. The molecule has 0 aromatic heterocycles. The number of rotatable bonds is 9. The van der Waals surface area contributed by atoms with Crippen LogP contribution in [0, 0.1) is 0 Å². The molecular formula is C20H32N2O4S. The molecule has 27 heavy (non-hydrogen) atoms. The minimum absolute atomic E-state index is 0.167. The van der Waals surface area contributed by atoms with Crippen LogP contribution in [-0.4, -0.2) is 62.9 Å². The van der Waals surface area contributed by atoms with Crippen LogP contribution in [0.15, 0.2) is 29.2 Å². The topological polar surface area (TPSA) is 66.9 Å². The Morgan fingerprint density at radius 2 is 1.74 bits per heavy atom. The van der Waals surface area contributed by atoms with Gasteiger partial charge in [-0.1, -0.05) is 26.0 Å². The van der Waals surface area contributed by atoms with Crippen molar-refractivity contribution in [2.45, 2.75) is 50.8 Å². The summed E-state index contributed by atoms with van der Waals surface area (Å²) in [5, 5.41) is 0. The third kappa shape index (κ3) is 6.02. The first-order valence-corrected chi connectivity index (χ1v) is 11.3. The molecule has 7 heteroatoms. The molecule has 2 rings (SSSR count). The van der Waals surface area contributed by atoms with Gasteiger partial charge in [-0.2, -0.15) is 4.31 Å². The predicted molar refractivity (Wildman–Crippen MR) is 106 cm³/mol. The Kier molecular flexibility index (Phi) is 8.26. The van der Waals surface area contributed by atoms with Gasteiger partial charge < -0.3 is 9.64 Å². The number of hydrogen-bond donors (Lipinski definition) is 0. The van der Waals surface area contributed by atoms with Crippen molar-refractivity contribution in [1.29, 1.82) is 0 Å². The average Bonchev–Trinajstić information content (AvgIpc) is 2.68. The van der Waals surface area contributed by atoms with E-state index in [0.29, 0.717) is 50.0 Å². The van der Waals surface area contributed by atoms with E-state index in [1.807, 2.05) is 12.1 Å². The standard InChI is InChI=1S/C20H32N2O4S/c1-4-17(3)18-8-10-19(11-9-18)27(24,25)22-15-13-21(14-16-22)12-6-7-20(23)26-5-2/h8-11,17H,4-7,12-16H2,1-3H3. The predicted octanol–water partition coefficient (Wildman–Crippen LogP) is 2.85. The van der Waals surface area contributed by atoms with Crippen LogP contribution in [0.1, 0.15) is 51.5 Å². The Morgan fingerprint density at radius 3 is 2.30 bits per heavy atom. The molecular weight excluding hydrogens is 364 g/mol. The molecule has 1 aromatic rings. The lowest BCUT2D eigenvalue weighted by Gasteiger charge is -2.34. The molecule has 0 amide bonds. The first-order chi connectivity index (χ1) is 12.9. The smallest absolute Gasteiger partial charge is 0.305 e. The van der Waals surface area contributed by atoms with E-state index in [2.05, 4.69) is 18.7 Å². The summed E-state index contributed by atoms with van der Waals surface area (Å²) in [5.74, 6) is 0.263. The van der Waals surface area contributed by atoms with Crippen LogP contribution >= 0.6 is 0 Å². The molecule has 1 atom stereocenters. The Labute approximate surface area is 163 Å². The maximum absolute atomic E-state index is 12.9. The van der Waals surface area contributed by atoms with E-state index >= 15 is 0 Å². The van der Waals surface area contributed by atoms with Gasteiger partial charge in [-0.15, -0.1) is 0 Å². The second-order valence-corrected chi connectivity index (χ2v) is 8.97. The maximum atomic E-state index is 12.9. The molecule has 1 aliphatic heterocycles. The van der Waals surface area contributed by atoms with Gasteiger partial charge in [0.15, 0.2) is 0 Å². The van der Waals surface area contributed by atoms with Gasteiger partial charge in [0, 0.05) is 32.6 Å². The monoisotopic (exact) mass is 396 g/mol. The van der Waals surface area contributed by atoms with Crippen LogP contribution < -0.4 is 0 Å². The van der Waals surface area contributed by atoms with Crippen LogP contribution in [0.25, 0.3) is 0 Å². The highest BCUT2D eigenvalue weighted by Crippen LogP contribution is 2.23. The highest BCUT2D eigenvalue weighted by molar-refractivity contribution is 7.89. The normalized spacial score (nSPS) is 17.6. The summed E-state index contributed by atoms with van der Waals surface area (Å²) in [5.41, 5.74) is 1.17. The molecule has 0 aliphatic carbocycles. The lowest BCUT2D eigenvalue weighted by atomic mass is 9.99. The molecule has 6 nitrogen and oxygen atoms in total. The molecule has 1 fully saturated rings. The highest BCUT2D eigenvalue weighted by Gasteiger charge is 2.28. The first kappa shape index (κ1) is 21.9. The number of sulfonamides is 1. The van der Waals surface area contributed by atoms with Crippen molar-refractivity contribution in [2.75, 3.05) is 39.3 Å². The van der Waals surface area contributed by atoms with Crippen LogP contribution in [-0.2, 0) is 19.6 Å². The SMILES string of the molecule is CCOC(=O)CCCN1CCN(S(=O)(=O)c2ccc(C(C)CC)cc2)CC1. The average molecular weight is 397 g/mol. The summed E-state index contributed by atoms with van der Waals surface area (Å²) in [4.78, 5) is 14.0. The second kappa shape index (κ2) is 10.2. The van der Waals surface area contributed by atoms with E-state index in [-0.39, 0.29) is 5.97 Å². The van der Waals surface area contributed by atoms with Gasteiger partial charge in [-0.3, -0.25) is 4.79 Å². The van der Waals surface area contributed by atoms with Crippen molar-refractivity contribution in [3.05, 3.63) is 29.8 Å². The summed E-state index contributed by atoms with van der Waals surface area (Å²) >= 11 is 0. The van der Waals surface area contributed by atoms with E-state index in [1.165, 1.54) is 5.56 Å². The van der Waals surface area contributed by atoms with E-state index in [0.717, 1.165) is 19.4 Å². The largest absolute Gasteiger partial charge is 0.466 e. The fraction of sp³-hybridized carbons (Fsp3) is 0.650. The minimum Gasteiger partial charge on any atom is -0.466 e. The van der Waals surface area contributed by atoms with Crippen molar-refractivity contribution in [3.8, 4) is 0 Å². The number of carbonyl (C=O) groups is 1. The lowest BCUT2D eigenvalue weighted by Crippen LogP contribution is -2.48. The van der Waals surface area contributed by atoms with E-state index in [9.17, 15) is 13.2 Å². The highest BCUT2D eigenvalue weighted by atomic mass is 32.2. The summed E-state index contributed by atoms with van der Waals surface area (Å²) in [7, 11) is -3.44. The number of esters is 1. The van der Waals surface area contributed by atoms with E-state index < -0.39 is 10.0 Å². The second-order valence-electron chi connectivity index (χ2n) is 7.03. The van der Waals surface area contributed by atoms with Crippen molar-refractivity contribution < 1.29 is 17.9 Å². The molecule has 1 saturated heterocycles. The number of benzene rings is 1. The summed E-state index contributed by atoms with van der Waals surface area (Å²) in [6, 6.07) is 7.30. The molecule has 1 unspecified atom stereocenters. The Balaban J connectivity index is 1.86. The lowest BCUT2D eigenvalue weighted by molar-refractivity contribution is -0.143. The van der Waals surface area contributed by atoms with Gasteiger partial charge in [0.05, 0.1) is 11.5 Å². The zero-order valence-electron chi connectivity index (χ0n) is 16.7. The Morgan fingerprint density at radius 1 is 1.11 bits per heavy atom. The summed E-state index contributed by atoms with van der Waals surface area (Å²) in [6.07, 6.45) is 2.18. The molecule has 152 valence electrons. The van der Waals surface area contributed by atoms with E-state index in [4.69, 9.17) is 4.74 Å².